The molecule has 1 amide bonds. The van der Waals surface area contributed by atoms with Crippen molar-refractivity contribution < 1.29 is 9.18 Å². The smallest absolute Gasteiger partial charge is 0.270 e. The van der Waals surface area contributed by atoms with Crippen LogP contribution in [-0.2, 0) is 6.54 Å². The topological polar surface area (TPSA) is 61.4 Å². The van der Waals surface area contributed by atoms with E-state index in [0.717, 1.165) is 37.4 Å². The highest BCUT2D eigenvalue weighted by atomic mass is 19.1. The lowest BCUT2D eigenvalue weighted by Gasteiger charge is -2.37. The molecule has 1 saturated heterocycles. The van der Waals surface area contributed by atoms with E-state index in [1.807, 2.05) is 30.3 Å². The Bertz CT molecular complexity index is 956. The van der Waals surface area contributed by atoms with Crippen molar-refractivity contribution in [3.8, 4) is 0 Å². The molecule has 0 saturated carbocycles. The van der Waals surface area contributed by atoms with Crippen LogP contribution in [0.1, 0.15) is 16.1 Å². The van der Waals surface area contributed by atoms with Gasteiger partial charge in [-0.15, -0.1) is 0 Å². The van der Waals surface area contributed by atoms with E-state index < -0.39 is 0 Å². The molecule has 29 heavy (non-hydrogen) atoms. The summed E-state index contributed by atoms with van der Waals surface area (Å²) in [6.07, 6.45) is 5.14. The minimum absolute atomic E-state index is 0.190. The van der Waals surface area contributed by atoms with Gasteiger partial charge < -0.3 is 15.1 Å². The maximum atomic E-state index is 14.0. The van der Waals surface area contributed by atoms with Gasteiger partial charge in [-0.25, -0.2) is 9.37 Å². The lowest BCUT2D eigenvalue weighted by Crippen LogP contribution is -2.46. The van der Waals surface area contributed by atoms with E-state index in [9.17, 15) is 9.18 Å². The third-order valence-corrected chi connectivity index (χ3v) is 4.99. The third kappa shape index (κ3) is 4.51. The number of pyridine rings is 2. The van der Waals surface area contributed by atoms with E-state index in [0.29, 0.717) is 17.9 Å². The largest absolute Gasteiger partial charge is 0.367 e. The maximum absolute atomic E-state index is 14.0. The first-order valence-electron chi connectivity index (χ1n) is 9.58. The number of amides is 1. The summed E-state index contributed by atoms with van der Waals surface area (Å²) in [6.45, 7) is 3.40. The number of benzene rings is 1. The predicted octanol–water partition coefficient (Wildman–Crippen LogP) is 2.87. The Labute approximate surface area is 169 Å². The molecular formula is C22H22FN5O. The molecule has 0 atom stereocenters. The Hall–Kier alpha value is -3.48. The number of anilines is 2. The average Bonchev–Trinajstić information content (AvgIpc) is 2.79. The van der Waals surface area contributed by atoms with Crippen molar-refractivity contribution in [1.82, 2.24) is 15.3 Å². The summed E-state index contributed by atoms with van der Waals surface area (Å²) in [5, 5.41) is 2.85. The van der Waals surface area contributed by atoms with E-state index in [-0.39, 0.29) is 11.7 Å². The molecule has 0 aliphatic carbocycles. The second-order valence-corrected chi connectivity index (χ2v) is 6.87. The van der Waals surface area contributed by atoms with E-state index in [4.69, 9.17) is 0 Å². The third-order valence-electron chi connectivity index (χ3n) is 4.99. The summed E-state index contributed by atoms with van der Waals surface area (Å²) in [6, 6.07) is 14.2. The van der Waals surface area contributed by atoms with Gasteiger partial charge in [0, 0.05) is 45.1 Å². The highest BCUT2D eigenvalue weighted by molar-refractivity contribution is 5.92. The van der Waals surface area contributed by atoms with Crippen molar-refractivity contribution in [2.24, 2.45) is 0 Å². The predicted molar refractivity (Wildman–Crippen MR) is 110 cm³/mol. The van der Waals surface area contributed by atoms with Gasteiger partial charge in [0.15, 0.2) is 0 Å². The summed E-state index contributed by atoms with van der Waals surface area (Å²) in [4.78, 5) is 24.9. The Morgan fingerprint density at radius 2 is 1.76 bits per heavy atom. The van der Waals surface area contributed by atoms with Crippen LogP contribution in [0.4, 0.5) is 15.8 Å². The lowest BCUT2D eigenvalue weighted by atomic mass is 10.2. The van der Waals surface area contributed by atoms with Crippen molar-refractivity contribution in [2.75, 3.05) is 36.0 Å². The molecule has 1 aliphatic rings. The van der Waals surface area contributed by atoms with Crippen LogP contribution in [0.2, 0.25) is 0 Å². The molecule has 1 fully saturated rings. The van der Waals surface area contributed by atoms with Gasteiger partial charge in [0.25, 0.3) is 5.91 Å². The van der Waals surface area contributed by atoms with Crippen molar-refractivity contribution in [1.29, 1.82) is 0 Å². The fourth-order valence-electron chi connectivity index (χ4n) is 3.40. The highest BCUT2D eigenvalue weighted by Crippen LogP contribution is 2.22. The molecule has 3 aromatic rings. The summed E-state index contributed by atoms with van der Waals surface area (Å²) in [5.41, 5.74) is 2.92. The van der Waals surface area contributed by atoms with Gasteiger partial charge >= 0.3 is 0 Å². The van der Waals surface area contributed by atoms with Gasteiger partial charge in [0.2, 0.25) is 0 Å². The zero-order valence-corrected chi connectivity index (χ0v) is 16.0. The number of nitrogens with one attached hydrogen (secondary N) is 1. The Balaban J connectivity index is 1.32. The van der Waals surface area contributed by atoms with Gasteiger partial charge in [-0.3, -0.25) is 9.78 Å². The summed E-state index contributed by atoms with van der Waals surface area (Å²) < 4.78 is 14.0. The zero-order valence-electron chi connectivity index (χ0n) is 16.0. The molecule has 1 aromatic carbocycles. The molecule has 0 radical (unpaired) electrons. The number of carbonyl (C=O) groups excluding carboxylic acids is 1. The van der Waals surface area contributed by atoms with Crippen LogP contribution in [0.25, 0.3) is 0 Å². The van der Waals surface area contributed by atoms with Crippen LogP contribution in [0, 0.1) is 5.82 Å². The lowest BCUT2D eigenvalue weighted by molar-refractivity contribution is 0.0946. The van der Waals surface area contributed by atoms with Gasteiger partial charge in [-0.05, 0) is 35.9 Å². The summed E-state index contributed by atoms with van der Waals surface area (Å²) in [7, 11) is 0. The number of hydrogen-bond donors (Lipinski definition) is 1. The molecule has 0 bridgehead atoms. The fourth-order valence-corrected chi connectivity index (χ4v) is 3.40. The summed E-state index contributed by atoms with van der Waals surface area (Å²) in [5.74, 6) is -0.408. The monoisotopic (exact) mass is 391 g/mol. The molecule has 2 aromatic heterocycles. The Morgan fingerprint density at radius 1 is 0.966 bits per heavy atom. The van der Waals surface area contributed by atoms with Crippen molar-refractivity contribution >= 4 is 17.3 Å². The standard InChI is InChI=1S/C22H22FN5O/c23-19-5-1-2-6-21(19)28-12-10-27(11-13-28)18-7-8-20(25-16-18)22(29)26-15-17-4-3-9-24-14-17/h1-9,14,16H,10-13,15H2,(H,26,29). The number of hydrogen-bond acceptors (Lipinski definition) is 5. The van der Waals surface area contributed by atoms with Gasteiger partial charge in [0.1, 0.15) is 11.5 Å². The number of rotatable bonds is 5. The summed E-state index contributed by atoms with van der Waals surface area (Å²) >= 11 is 0. The molecule has 1 N–H and O–H groups in total. The van der Waals surface area contributed by atoms with Crippen LogP contribution in [0.3, 0.4) is 0 Å². The molecule has 1 aliphatic heterocycles. The Morgan fingerprint density at radius 3 is 2.45 bits per heavy atom. The van der Waals surface area contributed by atoms with Gasteiger partial charge in [0.05, 0.1) is 17.6 Å². The number of aromatic nitrogens is 2. The van der Waals surface area contributed by atoms with E-state index in [1.165, 1.54) is 6.07 Å². The van der Waals surface area contributed by atoms with Gasteiger partial charge in [-0.1, -0.05) is 18.2 Å². The van der Waals surface area contributed by atoms with E-state index in [1.54, 1.807) is 30.7 Å². The van der Waals surface area contributed by atoms with Crippen LogP contribution in [-0.4, -0.2) is 42.1 Å². The SMILES string of the molecule is O=C(NCc1cccnc1)c1ccc(N2CCN(c3ccccc3F)CC2)cn1. The first-order chi connectivity index (χ1) is 14.2. The highest BCUT2D eigenvalue weighted by Gasteiger charge is 2.20. The van der Waals surface area contributed by atoms with Crippen molar-refractivity contribution in [3.05, 3.63) is 84.2 Å². The average molecular weight is 391 g/mol. The number of piperazine rings is 1. The fraction of sp³-hybridized carbons (Fsp3) is 0.227. The van der Waals surface area contributed by atoms with Crippen LogP contribution in [0.15, 0.2) is 67.1 Å². The zero-order chi connectivity index (χ0) is 20.1. The Kier molecular flexibility index (Phi) is 5.65. The normalized spacial score (nSPS) is 14.0. The molecule has 0 spiro atoms. The minimum atomic E-state index is -0.218. The van der Waals surface area contributed by atoms with Crippen LogP contribution in [0.5, 0.6) is 0 Å². The number of para-hydroxylation sites is 1. The van der Waals surface area contributed by atoms with E-state index >= 15 is 0 Å². The second kappa shape index (κ2) is 8.68. The number of nitrogens with zero attached hydrogens (tertiary/aromatic N) is 4. The number of carbonyl (C=O) groups is 1. The molecule has 148 valence electrons. The second-order valence-electron chi connectivity index (χ2n) is 6.87. The minimum Gasteiger partial charge on any atom is -0.367 e. The molecule has 3 heterocycles. The molecule has 6 nitrogen and oxygen atoms in total. The molecule has 0 unspecified atom stereocenters. The molecule has 7 heteroatoms. The first-order valence-corrected chi connectivity index (χ1v) is 9.58. The van der Waals surface area contributed by atoms with E-state index in [2.05, 4.69) is 25.1 Å². The van der Waals surface area contributed by atoms with Crippen molar-refractivity contribution in [2.45, 2.75) is 6.54 Å². The van der Waals surface area contributed by atoms with Gasteiger partial charge in [-0.2, -0.15) is 0 Å². The van der Waals surface area contributed by atoms with Crippen LogP contribution < -0.4 is 15.1 Å². The van der Waals surface area contributed by atoms with Crippen molar-refractivity contribution in [3.63, 3.8) is 0 Å². The quantitative estimate of drug-likeness (QED) is 0.725. The number of halogens is 1. The maximum Gasteiger partial charge on any atom is 0.270 e. The first kappa shape index (κ1) is 18.9. The van der Waals surface area contributed by atoms with Crippen LogP contribution >= 0.6 is 0 Å². The molecule has 4 rings (SSSR count). The molecular weight excluding hydrogens is 369 g/mol.